The van der Waals surface area contributed by atoms with Gasteiger partial charge in [-0.25, -0.2) is 4.98 Å². The Hall–Kier alpha value is -0.170. The molecule has 0 radical (unpaired) electrons. The van der Waals surface area contributed by atoms with E-state index in [0.717, 1.165) is 10.1 Å². The minimum Gasteiger partial charge on any atom is -0.394 e. The fraction of sp³-hybridized carbons (Fsp3) is 0.778. The van der Waals surface area contributed by atoms with Crippen LogP contribution in [0.25, 0.3) is 0 Å². The summed E-state index contributed by atoms with van der Waals surface area (Å²) in [5.74, 6) is 1.48. The van der Waals surface area contributed by atoms with Crippen molar-refractivity contribution in [1.29, 1.82) is 0 Å². The highest BCUT2D eigenvalue weighted by Gasteiger charge is 2.43. The van der Waals surface area contributed by atoms with Crippen LogP contribution in [0.1, 0.15) is 12.8 Å². The van der Waals surface area contributed by atoms with Crippen LogP contribution in [-0.4, -0.2) is 39.4 Å². The maximum Gasteiger partial charge on any atom is 0.169 e. The number of likely N-dealkylation sites (N-methyl/N-ethyl adjacent to an activating group) is 1. The standard InChI is InChI=1S/C9H15N3OS2/c1-10-9(4-13,7-2-3-7)5-14-8-11-6-12-15-8/h6-7,10,13H,2-5H2,1H3. The minimum absolute atomic E-state index is 0.129. The number of hydrogen-bond acceptors (Lipinski definition) is 6. The van der Waals surface area contributed by atoms with Crippen LogP contribution < -0.4 is 5.32 Å². The van der Waals surface area contributed by atoms with E-state index < -0.39 is 0 Å². The Morgan fingerprint density at radius 3 is 3.00 bits per heavy atom. The molecule has 1 aliphatic carbocycles. The van der Waals surface area contributed by atoms with Gasteiger partial charge in [0.1, 0.15) is 6.33 Å². The van der Waals surface area contributed by atoms with Crippen LogP contribution in [0, 0.1) is 5.92 Å². The first-order valence-corrected chi connectivity index (χ1v) is 6.76. The molecule has 1 heterocycles. The lowest BCUT2D eigenvalue weighted by Gasteiger charge is -2.31. The van der Waals surface area contributed by atoms with Crippen LogP contribution in [-0.2, 0) is 0 Å². The summed E-state index contributed by atoms with van der Waals surface area (Å²) in [4.78, 5) is 4.13. The van der Waals surface area contributed by atoms with E-state index >= 15 is 0 Å². The van der Waals surface area contributed by atoms with Gasteiger partial charge in [-0.2, -0.15) is 4.37 Å². The third-order valence-electron chi connectivity index (χ3n) is 2.93. The monoisotopic (exact) mass is 245 g/mol. The normalized spacial score (nSPS) is 20.1. The van der Waals surface area contributed by atoms with Gasteiger partial charge in [0.15, 0.2) is 4.34 Å². The molecule has 0 aliphatic heterocycles. The molecule has 0 spiro atoms. The summed E-state index contributed by atoms with van der Waals surface area (Å²) in [6.07, 6.45) is 4.01. The predicted octanol–water partition coefficient (Wildman–Crippen LogP) is 0.991. The number of nitrogens with one attached hydrogen (secondary N) is 1. The second-order valence-electron chi connectivity index (χ2n) is 3.83. The summed E-state index contributed by atoms with van der Waals surface area (Å²) in [6, 6.07) is 0. The summed E-state index contributed by atoms with van der Waals surface area (Å²) >= 11 is 3.08. The van der Waals surface area contributed by atoms with Gasteiger partial charge in [0.05, 0.1) is 12.1 Å². The van der Waals surface area contributed by atoms with Gasteiger partial charge in [-0.15, -0.1) is 0 Å². The first-order chi connectivity index (χ1) is 7.30. The molecule has 6 heteroatoms. The SMILES string of the molecule is CNC(CO)(CSc1ncns1)C1CC1. The van der Waals surface area contributed by atoms with Gasteiger partial charge in [-0.05, 0) is 37.3 Å². The molecule has 1 saturated carbocycles. The molecule has 1 aromatic heterocycles. The molecule has 15 heavy (non-hydrogen) atoms. The van der Waals surface area contributed by atoms with Crippen LogP contribution in [0.4, 0.5) is 0 Å². The number of aliphatic hydroxyl groups excluding tert-OH is 1. The molecule has 4 nitrogen and oxygen atoms in total. The fourth-order valence-electron chi connectivity index (χ4n) is 1.70. The van der Waals surface area contributed by atoms with Crippen LogP contribution >= 0.6 is 23.3 Å². The van der Waals surface area contributed by atoms with Gasteiger partial charge in [-0.1, -0.05) is 11.8 Å². The molecule has 1 aromatic rings. The molecule has 1 fully saturated rings. The van der Waals surface area contributed by atoms with E-state index in [9.17, 15) is 5.11 Å². The van der Waals surface area contributed by atoms with E-state index in [1.165, 1.54) is 24.4 Å². The molecule has 0 amide bonds. The van der Waals surface area contributed by atoms with Crippen molar-refractivity contribution in [1.82, 2.24) is 14.7 Å². The molecule has 2 N–H and O–H groups in total. The summed E-state index contributed by atoms with van der Waals surface area (Å²) in [5.41, 5.74) is -0.129. The maximum absolute atomic E-state index is 9.51. The maximum atomic E-state index is 9.51. The zero-order chi connectivity index (χ0) is 10.7. The van der Waals surface area contributed by atoms with Crippen molar-refractivity contribution in [3.63, 3.8) is 0 Å². The van der Waals surface area contributed by atoms with Crippen molar-refractivity contribution in [2.45, 2.75) is 22.7 Å². The Bertz CT molecular complexity index is 296. The lowest BCUT2D eigenvalue weighted by molar-refractivity contribution is 0.167. The molecule has 1 aliphatic rings. The van der Waals surface area contributed by atoms with Gasteiger partial charge in [-0.3, -0.25) is 0 Å². The van der Waals surface area contributed by atoms with Crippen LogP contribution in [0.2, 0.25) is 0 Å². The lowest BCUT2D eigenvalue weighted by Crippen LogP contribution is -2.51. The molecular weight excluding hydrogens is 230 g/mol. The highest BCUT2D eigenvalue weighted by molar-refractivity contribution is 8.01. The summed E-state index contributed by atoms with van der Waals surface area (Å²) in [5, 5.41) is 12.8. The number of hydrogen-bond donors (Lipinski definition) is 2. The minimum atomic E-state index is -0.129. The molecule has 0 bridgehead atoms. The van der Waals surface area contributed by atoms with Gasteiger partial charge < -0.3 is 10.4 Å². The fourth-order valence-corrected chi connectivity index (χ4v) is 3.47. The third-order valence-corrected chi connectivity index (χ3v) is 4.98. The first-order valence-electron chi connectivity index (χ1n) is 5.00. The Balaban J connectivity index is 1.94. The molecule has 0 saturated heterocycles. The predicted molar refractivity (Wildman–Crippen MR) is 62.2 cm³/mol. The molecule has 84 valence electrons. The van der Waals surface area contributed by atoms with E-state index in [4.69, 9.17) is 0 Å². The number of aromatic nitrogens is 2. The highest BCUT2D eigenvalue weighted by atomic mass is 32.2. The Kier molecular flexibility index (Phi) is 3.60. The van der Waals surface area contributed by atoms with Crippen molar-refractivity contribution in [3.05, 3.63) is 6.33 Å². The van der Waals surface area contributed by atoms with E-state index in [1.807, 2.05) is 7.05 Å². The average molecular weight is 245 g/mol. The lowest BCUT2D eigenvalue weighted by atomic mass is 9.97. The van der Waals surface area contributed by atoms with Crippen LogP contribution in [0.3, 0.4) is 0 Å². The second-order valence-corrected chi connectivity index (χ2v) is 5.84. The quantitative estimate of drug-likeness (QED) is 0.732. The number of aliphatic hydroxyl groups is 1. The average Bonchev–Trinajstić information content (AvgIpc) is 2.99. The molecule has 2 rings (SSSR count). The van der Waals surface area contributed by atoms with Crippen LogP contribution in [0.15, 0.2) is 10.7 Å². The zero-order valence-corrected chi connectivity index (χ0v) is 10.3. The number of thioether (sulfide) groups is 1. The molecule has 1 unspecified atom stereocenters. The van der Waals surface area contributed by atoms with Crippen molar-refractivity contribution < 1.29 is 5.11 Å². The Labute approximate surface area is 97.7 Å². The van der Waals surface area contributed by atoms with Crippen molar-refractivity contribution in [3.8, 4) is 0 Å². The van der Waals surface area contributed by atoms with Crippen LogP contribution in [0.5, 0.6) is 0 Å². The second kappa shape index (κ2) is 4.78. The first kappa shape index (κ1) is 11.3. The summed E-state index contributed by atoms with van der Waals surface area (Å²) in [7, 11) is 1.93. The van der Waals surface area contributed by atoms with Crippen molar-refractivity contribution in [2.75, 3.05) is 19.4 Å². The molecular formula is C9H15N3OS2. The Morgan fingerprint density at radius 1 is 1.73 bits per heavy atom. The van der Waals surface area contributed by atoms with Crippen molar-refractivity contribution >= 4 is 23.3 Å². The van der Waals surface area contributed by atoms with Gasteiger partial charge >= 0.3 is 0 Å². The number of nitrogens with zero attached hydrogens (tertiary/aromatic N) is 2. The highest BCUT2D eigenvalue weighted by Crippen LogP contribution is 2.42. The van der Waals surface area contributed by atoms with E-state index in [1.54, 1.807) is 18.1 Å². The van der Waals surface area contributed by atoms with E-state index in [-0.39, 0.29) is 12.1 Å². The largest absolute Gasteiger partial charge is 0.394 e. The topological polar surface area (TPSA) is 58.0 Å². The van der Waals surface area contributed by atoms with E-state index in [0.29, 0.717) is 5.92 Å². The van der Waals surface area contributed by atoms with Gasteiger partial charge in [0, 0.05) is 5.75 Å². The number of rotatable bonds is 6. The summed E-state index contributed by atoms with van der Waals surface area (Å²) < 4.78 is 4.94. The molecule has 0 aromatic carbocycles. The zero-order valence-electron chi connectivity index (χ0n) is 8.64. The van der Waals surface area contributed by atoms with Gasteiger partial charge in [0.2, 0.25) is 0 Å². The van der Waals surface area contributed by atoms with E-state index in [2.05, 4.69) is 14.7 Å². The third kappa shape index (κ3) is 2.50. The summed E-state index contributed by atoms with van der Waals surface area (Å²) in [6.45, 7) is 0.194. The Morgan fingerprint density at radius 2 is 2.53 bits per heavy atom. The van der Waals surface area contributed by atoms with Crippen molar-refractivity contribution in [2.24, 2.45) is 5.92 Å². The smallest absolute Gasteiger partial charge is 0.169 e. The molecule has 1 atom stereocenters. The van der Waals surface area contributed by atoms with Gasteiger partial charge in [0.25, 0.3) is 0 Å².